The molecule has 124 valence electrons. The molecule has 2 aliphatic rings. The lowest BCUT2D eigenvalue weighted by Gasteiger charge is -2.24. The Kier molecular flexibility index (Phi) is 3.76. The van der Waals surface area contributed by atoms with Crippen LogP contribution in [0.3, 0.4) is 0 Å². The minimum Gasteiger partial charge on any atom is -0.334 e. The predicted molar refractivity (Wildman–Crippen MR) is 90.2 cm³/mol. The van der Waals surface area contributed by atoms with Crippen LogP contribution >= 0.6 is 0 Å². The van der Waals surface area contributed by atoms with Gasteiger partial charge in [-0.3, -0.25) is 9.58 Å². The van der Waals surface area contributed by atoms with E-state index in [1.165, 1.54) is 54.9 Å². The zero-order chi connectivity index (χ0) is 16.0. The number of hydrogen-bond acceptors (Lipinski definition) is 3. The van der Waals surface area contributed by atoms with Crippen LogP contribution < -0.4 is 0 Å². The van der Waals surface area contributed by atoms with Gasteiger partial charge in [-0.25, -0.2) is 4.98 Å². The van der Waals surface area contributed by atoms with E-state index in [-0.39, 0.29) is 0 Å². The molecule has 5 heteroatoms. The van der Waals surface area contributed by atoms with Crippen molar-refractivity contribution < 1.29 is 0 Å². The highest BCUT2D eigenvalue weighted by molar-refractivity contribution is 5.23. The summed E-state index contributed by atoms with van der Waals surface area (Å²) in [6.45, 7) is 4.26. The van der Waals surface area contributed by atoms with Crippen molar-refractivity contribution in [3.8, 4) is 0 Å². The molecule has 0 saturated carbocycles. The molecule has 1 fully saturated rings. The molecule has 23 heavy (non-hydrogen) atoms. The molecule has 0 spiro atoms. The van der Waals surface area contributed by atoms with Gasteiger partial charge in [0, 0.05) is 38.1 Å². The van der Waals surface area contributed by atoms with Gasteiger partial charge < -0.3 is 4.57 Å². The first-order valence-corrected chi connectivity index (χ1v) is 8.91. The number of imidazole rings is 1. The summed E-state index contributed by atoms with van der Waals surface area (Å²) in [6.07, 6.45) is 9.63. The summed E-state index contributed by atoms with van der Waals surface area (Å²) in [7, 11) is 4.23. The third-order valence-electron chi connectivity index (χ3n) is 5.56. The fraction of sp³-hybridized carbons (Fsp3) is 0.667. The van der Waals surface area contributed by atoms with E-state index >= 15 is 0 Å². The lowest BCUT2D eigenvalue weighted by atomic mass is 10.0. The van der Waals surface area contributed by atoms with Gasteiger partial charge in [-0.1, -0.05) is 0 Å². The van der Waals surface area contributed by atoms with Gasteiger partial charge in [0.15, 0.2) is 0 Å². The third kappa shape index (κ3) is 2.61. The maximum atomic E-state index is 5.05. The summed E-state index contributed by atoms with van der Waals surface area (Å²) >= 11 is 0. The minimum absolute atomic E-state index is 0.463. The Bertz CT molecular complexity index is 711. The van der Waals surface area contributed by atoms with E-state index in [1.807, 2.05) is 11.7 Å². The Hall–Kier alpha value is -1.62. The molecule has 0 bridgehead atoms. The number of likely N-dealkylation sites (tertiary alicyclic amines) is 1. The van der Waals surface area contributed by atoms with Gasteiger partial charge in [0.1, 0.15) is 5.82 Å². The number of hydrogen-bond donors (Lipinski definition) is 0. The van der Waals surface area contributed by atoms with Crippen LogP contribution in [0.2, 0.25) is 0 Å². The lowest BCUT2D eigenvalue weighted by Crippen LogP contribution is -2.25. The molecule has 1 aliphatic heterocycles. The van der Waals surface area contributed by atoms with Gasteiger partial charge in [-0.2, -0.15) is 5.10 Å². The first-order valence-electron chi connectivity index (χ1n) is 8.91. The zero-order valence-electron chi connectivity index (χ0n) is 14.5. The average Bonchev–Trinajstić information content (AvgIpc) is 3.19. The topological polar surface area (TPSA) is 38.9 Å². The van der Waals surface area contributed by atoms with Crippen molar-refractivity contribution in [1.29, 1.82) is 0 Å². The summed E-state index contributed by atoms with van der Waals surface area (Å²) in [5, 5.41) is 4.49. The second kappa shape index (κ2) is 5.78. The number of aromatic nitrogens is 4. The Labute approximate surface area is 138 Å². The van der Waals surface area contributed by atoms with Crippen LogP contribution in [-0.4, -0.2) is 30.8 Å². The van der Waals surface area contributed by atoms with Crippen molar-refractivity contribution >= 4 is 0 Å². The highest BCUT2D eigenvalue weighted by Crippen LogP contribution is 2.35. The number of aryl methyl sites for hydroxylation is 3. The third-order valence-corrected chi connectivity index (χ3v) is 5.56. The van der Waals surface area contributed by atoms with Gasteiger partial charge in [-0.05, 0) is 52.0 Å². The second-order valence-corrected chi connectivity index (χ2v) is 7.17. The smallest absolute Gasteiger partial charge is 0.126 e. The maximum Gasteiger partial charge on any atom is 0.126 e. The largest absolute Gasteiger partial charge is 0.334 e. The van der Waals surface area contributed by atoms with Crippen LogP contribution in [0.4, 0.5) is 0 Å². The summed E-state index contributed by atoms with van der Waals surface area (Å²) in [6, 6.07) is 0.463. The zero-order valence-corrected chi connectivity index (χ0v) is 14.5. The SMILES string of the molecule is Cc1nn(C)cc1CN1CCC[C@H]1c1nc2c(n1C)CCCC2. The number of nitrogens with zero attached hydrogens (tertiary/aromatic N) is 5. The van der Waals surface area contributed by atoms with Gasteiger partial charge in [0.25, 0.3) is 0 Å². The molecule has 4 rings (SSSR count). The molecule has 0 N–H and O–H groups in total. The molecule has 0 aromatic carbocycles. The summed E-state index contributed by atoms with van der Waals surface area (Å²) in [4.78, 5) is 7.65. The minimum atomic E-state index is 0.463. The maximum absolute atomic E-state index is 5.05. The highest BCUT2D eigenvalue weighted by Gasteiger charge is 2.31. The Morgan fingerprint density at radius 2 is 2.00 bits per heavy atom. The van der Waals surface area contributed by atoms with Gasteiger partial charge in [0.2, 0.25) is 0 Å². The number of rotatable bonds is 3. The molecule has 2 aromatic heterocycles. The van der Waals surface area contributed by atoms with E-state index in [0.717, 1.165) is 25.2 Å². The molecule has 5 nitrogen and oxygen atoms in total. The van der Waals surface area contributed by atoms with Crippen molar-refractivity contribution in [3.63, 3.8) is 0 Å². The number of fused-ring (bicyclic) bond motifs is 1. The van der Waals surface area contributed by atoms with Crippen molar-refractivity contribution in [2.75, 3.05) is 6.54 Å². The van der Waals surface area contributed by atoms with Crippen molar-refractivity contribution in [1.82, 2.24) is 24.2 Å². The molecular weight excluding hydrogens is 286 g/mol. The van der Waals surface area contributed by atoms with Crippen LogP contribution in [0.15, 0.2) is 6.20 Å². The summed E-state index contributed by atoms with van der Waals surface area (Å²) in [5.41, 5.74) is 5.34. The van der Waals surface area contributed by atoms with Crippen molar-refractivity contribution in [2.45, 2.75) is 58.0 Å². The van der Waals surface area contributed by atoms with Crippen LogP contribution in [0.25, 0.3) is 0 Å². The predicted octanol–water partition coefficient (Wildman–Crippen LogP) is 2.68. The standard InChI is InChI=1S/C18H27N5/c1-13-14(11-21(2)20-13)12-23-10-6-9-17(23)18-19-15-7-4-5-8-16(15)22(18)3/h11,17H,4-10,12H2,1-3H3/t17-/m0/s1. The van der Waals surface area contributed by atoms with E-state index in [2.05, 4.69) is 34.7 Å². The Balaban J connectivity index is 1.60. The molecule has 0 radical (unpaired) electrons. The molecule has 1 atom stereocenters. The molecular formula is C18H27N5. The highest BCUT2D eigenvalue weighted by atomic mass is 15.3. The molecule has 1 aliphatic carbocycles. The molecule has 0 unspecified atom stereocenters. The van der Waals surface area contributed by atoms with Gasteiger partial charge in [-0.15, -0.1) is 0 Å². The summed E-state index contributed by atoms with van der Waals surface area (Å²) < 4.78 is 4.32. The van der Waals surface area contributed by atoms with Crippen LogP contribution in [0.5, 0.6) is 0 Å². The van der Waals surface area contributed by atoms with Crippen LogP contribution in [0.1, 0.15) is 60.2 Å². The van der Waals surface area contributed by atoms with E-state index in [4.69, 9.17) is 4.98 Å². The quantitative estimate of drug-likeness (QED) is 0.874. The van der Waals surface area contributed by atoms with Crippen LogP contribution in [-0.2, 0) is 33.5 Å². The monoisotopic (exact) mass is 313 g/mol. The molecule has 2 aromatic rings. The molecule has 1 saturated heterocycles. The fourth-order valence-electron chi connectivity index (χ4n) is 4.34. The fourth-order valence-corrected chi connectivity index (χ4v) is 4.34. The van der Waals surface area contributed by atoms with Crippen molar-refractivity contribution in [3.05, 3.63) is 34.7 Å². The van der Waals surface area contributed by atoms with E-state index < -0.39 is 0 Å². The average molecular weight is 313 g/mol. The van der Waals surface area contributed by atoms with Crippen molar-refractivity contribution in [2.24, 2.45) is 14.1 Å². The normalized spacial score (nSPS) is 21.8. The first kappa shape index (κ1) is 14.9. The first-order chi connectivity index (χ1) is 11.1. The van der Waals surface area contributed by atoms with Gasteiger partial charge >= 0.3 is 0 Å². The molecule has 0 amide bonds. The Morgan fingerprint density at radius 1 is 1.17 bits per heavy atom. The van der Waals surface area contributed by atoms with E-state index in [0.29, 0.717) is 6.04 Å². The molecule has 3 heterocycles. The lowest BCUT2D eigenvalue weighted by molar-refractivity contribution is 0.236. The van der Waals surface area contributed by atoms with Crippen LogP contribution in [0, 0.1) is 6.92 Å². The van der Waals surface area contributed by atoms with E-state index in [9.17, 15) is 0 Å². The Morgan fingerprint density at radius 3 is 2.74 bits per heavy atom. The van der Waals surface area contributed by atoms with Gasteiger partial charge in [0.05, 0.1) is 17.4 Å². The second-order valence-electron chi connectivity index (χ2n) is 7.17. The van der Waals surface area contributed by atoms with E-state index in [1.54, 1.807) is 0 Å². The summed E-state index contributed by atoms with van der Waals surface area (Å²) in [5.74, 6) is 1.29.